The number of rotatable bonds is 3. The highest BCUT2D eigenvalue weighted by molar-refractivity contribution is 5.53. The summed E-state index contributed by atoms with van der Waals surface area (Å²) >= 11 is 0. The molecule has 0 bridgehead atoms. The van der Waals surface area contributed by atoms with E-state index < -0.39 is 0 Å². The van der Waals surface area contributed by atoms with Crippen LogP contribution in [0.3, 0.4) is 0 Å². The first-order valence-electron chi connectivity index (χ1n) is 4.61. The normalized spacial score (nSPS) is 15.5. The maximum absolute atomic E-state index is 5.75. The Bertz CT molecular complexity index is 308. The minimum atomic E-state index is 0.426. The molecule has 13 heavy (non-hydrogen) atoms. The maximum Gasteiger partial charge on any atom is 0.168 e. The van der Waals surface area contributed by atoms with Crippen molar-refractivity contribution in [3.8, 4) is 5.75 Å². The van der Waals surface area contributed by atoms with Crippen molar-refractivity contribution in [1.29, 1.82) is 0 Å². The second kappa shape index (κ2) is 3.24. The van der Waals surface area contributed by atoms with Crippen LogP contribution in [0, 0.1) is 6.92 Å². The second-order valence-electron chi connectivity index (χ2n) is 3.37. The van der Waals surface area contributed by atoms with E-state index in [1.807, 2.05) is 20.0 Å². The molecule has 0 aromatic carbocycles. The van der Waals surface area contributed by atoms with Gasteiger partial charge in [0.05, 0.1) is 6.10 Å². The van der Waals surface area contributed by atoms with Crippen LogP contribution in [-0.4, -0.2) is 18.1 Å². The molecule has 0 unspecified atom stereocenters. The topological polar surface area (TPSA) is 34.2 Å². The summed E-state index contributed by atoms with van der Waals surface area (Å²) < 4.78 is 5.75. The van der Waals surface area contributed by atoms with Gasteiger partial charge in [0.1, 0.15) is 0 Å². The Morgan fingerprint density at radius 3 is 2.92 bits per heavy atom. The van der Waals surface area contributed by atoms with Crippen LogP contribution in [0.2, 0.25) is 0 Å². The quantitative estimate of drug-likeness (QED) is 0.768. The van der Waals surface area contributed by atoms with Gasteiger partial charge in [0.2, 0.25) is 0 Å². The Labute approximate surface area is 78.1 Å². The number of aromatic nitrogens is 1. The van der Waals surface area contributed by atoms with Crippen LogP contribution in [0.5, 0.6) is 5.75 Å². The van der Waals surface area contributed by atoms with E-state index in [0.717, 1.165) is 17.1 Å². The molecule has 1 aliphatic carbocycles. The highest BCUT2D eigenvalue weighted by Gasteiger charge is 2.25. The number of hydrogen-bond donors (Lipinski definition) is 1. The number of anilines is 1. The summed E-state index contributed by atoms with van der Waals surface area (Å²) in [6.45, 7) is 2.04. The van der Waals surface area contributed by atoms with Gasteiger partial charge in [-0.25, -0.2) is 4.98 Å². The number of aryl methyl sites for hydroxylation is 1. The molecule has 1 aromatic rings. The molecule has 1 saturated carbocycles. The van der Waals surface area contributed by atoms with E-state index in [1.54, 1.807) is 6.20 Å². The highest BCUT2D eigenvalue weighted by atomic mass is 16.5. The molecule has 3 nitrogen and oxygen atoms in total. The van der Waals surface area contributed by atoms with Gasteiger partial charge in [-0.05, 0) is 31.4 Å². The van der Waals surface area contributed by atoms with Crippen LogP contribution < -0.4 is 10.1 Å². The predicted molar refractivity (Wildman–Crippen MR) is 52.2 cm³/mol. The lowest BCUT2D eigenvalue weighted by atomic mass is 10.2. The van der Waals surface area contributed by atoms with Crippen molar-refractivity contribution < 1.29 is 4.74 Å². The lowest BCUT2D eigenvalue weighted by molar-refractivity contribution is 0.301. The van der Waals surface area contributed by atoms with Gasteiger partial charge < -0.3 is 10.1 Å². The molecule has 1 heterocycles. The van der Waals surface area contributed by atoms with Crippen molar-refractivity contribution in [2.45, 2.75) is 25.9 Å². The summed E-state index contributed by atoms with van der Waals surface area (Å²) in [6, 6.07) is 1.97. The lowest BCUT2D eigenvalue weighted by Crippen LogP contribution is -2.03. The molecule has 1 N–H and O–H groups in total. The van der Waals surface area contributed by atoms with Crippen LogP contribution in [0.25, 0.3) is 0 Å². The molecular formula is C10H14N2O. The largest absolute Gasteiger partial charge is 0.486 e. The molecule has 1 aliphatic rings. The van der Waals surface area contributed by atoms with Crippen molar-refractivity contribution >= 4 is 5.82 Å². The summed E-state index contributed by atoms with van der Waals surface area (Å²) in [5.41, 5.74) is 1.14. The Balaban J connectivity index is 2.27. The molecule has 70 valence electrons. The standard InChI is InChI=1S/C10H14N2O/c1-7-5-6-12-10(11-2)9(7)13-8-3-4-8/h5-6,8H,3-4H2,1-2H3,(H,11,12). The highest BCUT2D eigenvalue weighted by Crippen LogP contribution is 2.32. The molecule has 0 amide bonds. The fourth-order valence-corrected chi connectivity index (χ4v) is 1.22. The third kappa shape index (κ3) is 1.74. The van der Waals surface area contributed by atoms with E-state index in [9.17, 15) is 0 Å². The smallest absolute Gasteiger partial charge is 0.168 e. The average Bonchev–Trinajstić information content (AvgIpc) is 2.92. The van der Waals surface area contributed by atoms with E-state index in [2.05, 4.69) is 10.3 Å². The van der Waals surface area contributed by atoms with Gasteiger partial charge in [-0.2, -0.15) is 0 Å². The zero-order valence-corrected chi connectivity index (χ0v) is 8.00. The lowest BCUT2D eigenvalue weighted by Gasteiger charge is -2.11. The summed E-state index contributed by atoms with van der Waals surface area (Å²) in [6.07, 6.45) is 4.57. The monoisotopic (exact) mass is 178 g/mol. The van der Waals surface area contributed by atoms with Crippen molar-refractivity contribution in [2.24, 2.45) is 0 Å². The number of ether oxygens (including phenoxy) is 1. The predicted octanol–water partition coefficient (Wildman–Crippen LogP) is 1.97. The van der Waals surface area contributed by atoms with Crippen LogP contribution in [0.4, 0.5) is 5.82 Å². The Kier molecular flexibility index (Phi) is 2.08. The molecule has 3 heteroatoms. The first kappa shape index (κ1) is 8.35. The zero-order valence-electron chi connectivity index (χ0n) is 8.00. The van der Waals surface area contributed by atoms with E-state index >= 15 is 0 Å². The Morgan fingerprint density at radius 1 is 1.54 bits per heavy atom. The van der Waals surface area contributed by atoms with Gasteiger partial charge in [-0.3, -0.25) is 0 Å². The summed E-state index contributed by atoms with van der Waals surface area (Å²) in [5, 5.41) is 3.03. The SMILES string of the molecule is CNc1nccc(C)c1OC1CC1. The summed E-state index contributed by atoms with van der Waals surface area (Å²) in [7, 11) is 1.86. The van der Waals surface area contributed by atoms with Gasteiger partial charge >= 0.3 is 0 Å². The van der Waals surface area contributed by atoms with Crippen molar-refractivity contribution in [3.63, 3.8) is 0 Å². The van der Waals surface area contributed by atoms with Crippen LogP contribution in [0.1, 0.15) is 18.4 Å². The summed E-state index contributed by atoms with van der Waals surface area (Å²) in [4.78, 5) is 4.20. The molecule has 2 rings (SSSR count). The maximum atomic E-state index is 5.75. The van der Waals surface area contributed by atoms with Crippen molar-refractivity contribution in [1.82, 2.24) is 4.98 Å². The number of nitrogens with one attached hydrogen (secondary N) is 1. The third-order valence-electron chi connectivity index (χ3n) is 2.15. The second-order valence-corrected chi connectivity index (χ2v) is 3.37. The van der Waals surface area contributed by atoms with Crippen LogP contribution >= 0.6 is 0 Å². The Hall–Kier alpha value is -1.25. The van der Waals surface area contributed by atoms with E-state index in [1.165, 1.54) is 12.8 Å². The Morgan fingerprint density at radius 2 is 2.31 bits per heavy atom. The molecule has 1 aromatic heterocycles. The minimum Gasteiger partial charge on any atom is -0.486 e. The van der Waals surface area contributed by atoms with Gasteiger partial charge in [-0.1, -0.05) is 0 Å². The zero-order chi connectivity index (χ0) is 9.26. The van der Waals surface area contributed by atoms with E-state index in [0.29, 0.717) is 6.10 Å². The van der Waals surface area contributed by atoms with Crippen molar-refractivity contribution in [2.75, 3.05) is 12.4 Å². The minimum absolute atomic E-state index is 0.426. The molecule has 0 atom stereocenters. The first-order chi connectivity index (χ1) is 6.31. The van der Waals surface area contributed by atoms with Crippen LogP contribution in [0.15, 0.2) is 12.3 Å². The fourth-order valence-electron chi connectivity index (χ4n) is 1.22. The molecule has 0 aliphatic heterocycles. The number of hydrogen-bond acceptors (Lipinski definition) is 3. The molecule has 1 fully saturated rings. The van der Waals surface area contributed by atoms with Gasteiger partial charge in [-0.15, -0.1) is 0 Å². The van der Waals surface area contributed by atoms with Gasteiger partial charge in [0, 0.05) is 13.2 Å². The molecule has 0 saturated heterocycles. The number of pyridine rings is 1. The van der Waals surface area contributed by atoms with Gasteiger partial charge in [0.15, 0.2) is 11.6 Å². The molecule has 0 spiro atoms. The fraction of sp³-hybridized carbons (Fsp3) is 0.500. The first-order valence-corrected chi connectivity index (χ1v) is 4.61. The molecular weight excluding hydrogens is 164 g/mol. The third-order valence-corrected chi connectivity index (χ3v) is 2.15. The van der Waals surface area contributed by atoms with Gasteiger partial charge in [0.25, 0.3) is 0 Å². The van der Waals surface area contributed by atoms with Crippen LogP contribution in [-0.2, 0) is 0 Å². The molecule has 0 radical (unpaired) electrons. The number of nitrogens with zero attached hydrogens (tertiary/aromatic N) is 1. The van der Waals surface area contributed by atoms with E-state index in [4.69, 9.17) is 4.74 Å². The van der Waals surface area contributed by atoms with Crippen molar-refractivity contribution in [3.05, 3.63) is 17.8 Å². The average molecular weight is 178 g/mol. The van der Waals surface area contributed by atoms with E-state index in [-0.39, 0.29) is 0 Å². The summed E-state index contributed by atoms with van der Waals surface area (Å²) in [5.74, 6) is 1.75.